The molecule has 0 spiro atoms. The number of nitrogens with two attached hydrogens (primary N) is 1. The van der Waals surface area contributed by atoms with E-state index in [1.807, 2.05) is 7.05 Å². The van der Waals surface area contributed by atoms with Crippen molar-refractivity contribution in [2.24, 2.45) is 5.73 Å². The number of likely N-dealkylation sites (N-methyl/N-ethyl adjacent to an activating group) is 1. The number of ether oxygens (including phenoxy) is 1. The van der Waals surface area contributed by atoms with Gasteiger partial charge in [0.2, 0.25) is 0 Å². The Hall–Kier alpha value is -0.950. The van der Waals surface area contributed by atoms with Crippen LogP contribution in [-0.4, -0.2) is 55.7 Å². The van der Waals surface area contributed by atoms with Crippen LogP contribution in [0.3, 0.4) is 0 Å². The SMILES string of the molecule is CN1CCN(Cc2cc(Cl)ccc2OC(F)F)C(CN)C1. The van der Waals surface area contributed by atoms with E-state index in [0.717, 1.165) is 19.6 Å². The molecule has 0 bridgehead atoms. The molecule has 21 heavy (non-hydrogen) atoms. The molecule has 1 atom stereocenters. The summed E-state index contributed by atoms with van der Waals surface area (Å²) in [6.07, 6.45) is 0. The van der Waals surface area contributed by atoms with Gasteiger partial charge in [0.05, 0.1) is 0 Å². The zero-order valence-electron chi connectivity index (χ0n) is 11.9. The van der Waals surface area contributed by atoms with Gasteiger partial charge in [0.15, 0.2) is 0 Å². The highest BCUT2D eigenvalue weighted by Gasteiger charge is 2.25. The smallest absolute Gasteiger partial charge is 0.387 e. The van der Waals surface area contributed by atoms with Gasteiger partial charge < -0.3 is 15.4 Å². The van der Waals surface area contributed by atoms with Gasteiger partial charge >= 0.3 is 6.61 Å². The third-order valence-corrected chi connectivity index (χ3v) is 3.93. The monoisotopic (exact) mass is 319 g/mol. The lowest BCUT2D eigenvalue weighted by Gasteiger charge is -2.39. The van der Waals surface area contributed by atoms with E-state index in [4.69, 9.17) is 17.3 Å². The molecular formula is C14H20ClF2N3O. The van der Waals surface area contributed by atoms with Crippen molar-refractivity contribution in [3.63, 3.8) is 0 Å². The maximum Gasteiger partial charge on any atom is 0.387 e. The first-order valence-corrected chi connectivity index (χ1v) is 7.23. The lowest BCUT2D eigenvalue weighted by Crippen LogP contribution is -2.54. The molecule has 0 amide bonds. The van der Waals surface area contributed by atoms with E-state index in [1.54, 1.807) is 12.1 Å². The van der Waals surface area contributed by atoms with E-state index < -0.39 is 6.61 Å². The predicted octanol–water partition coefficient (Wildman–Crippen LogP) is 2.02. The third kappa shape index (κ3) is 4.51. The van der Waals surface area contributed by atoms with Crippen molar-refractivity contribution < 1.29 is 13.5 Å². The number of nitrogens with zero attached hydrogens (tertiary/aromatic N) is 2. The lowest BCUT2D eigenvalue weighted by molar-refractivity contribution is -0.0510. The van der Waals surface area contributed by atoms with Crippen LogP contribution in [0.1, 0.15) is 5.56 Å². The minimum Gasteiger partial charge on any atom is -0.434 e. The molecular weight excluding hydrogens is 300 g/mol. The molecule has 2 N–H and O–H groups in total. The van der Waals surface area contributed by atoms with Crippen molar-refractivity contribution in [1.29, 1.82) is 0 Å². The van der Waals surface area contributed by atoms with E-state index >= 15 is 0 Å². The highest BCUT2D eigenvalue weighted by molar-refractivity contribution is 6.30. The average Bonchev–Trinajstić information content (AvgIpc) is 2.43. The van der Waals surface area contributed by atoms with Gasteiger partial charge in [-0.05, 0) is 25.2 Å². The normalized spacial score (nSPS) is 21.0. The molecule has 1 saturated heterocycles. The molecule has 0 radical (unpaired) electrons. The quantitative estimate of drug-likeness (QED) is 0.901. The van der Waals surface area contributed by atoms with Crippen molar-refractivity contribution in [3.8, 4) is 5.75 Å². The second kappa shape index (κ2) is 7.35. The largest absolute Gasteiger partial charge is 0.434 e. The molecule has 7 heteroatoms. The topological polar surface area (TPSA) is 41.7 Å². The Labute approximate surface area is 128 Å². The Bertz CT molecular complexity index is 476. The maximum atomic E-state index is 12.5. The molecule has 0 aliphatic carbocycles. The van der Waals surface area contributed by atoms with Crippen LogP contribution in [0.5, 0.6) is 5.75 Å². The van der Waals surface area contributed by atoms with Gasteiger partial charge in [0.1, 0.15) is 5.75 Å². The predicted molar refractivity (Wildman–Crippen MR) is 78.8 cm³/mol. The van der Waals surface area contributed by atoms with Crippen molar-refractivity contribution in [1.82, 2.24) is 9.80 Å². The molecule has 118 valence electrons. The second-order valence-electron chi connectivity index (χ2n) is 5.25. The van der Waals surface area contributed by atoms with Gasteiger partial charge in [0.25, 0.3) is 0 Å². The second-order valence-corrected chi connectivity index (χ2v) is 5.69. The molecule has 2 rings (SSSR count). The van der Waals surface area contributed by atoms with Crippen LogP contribution in [0, 0.1) is 0 Å². The van der Waals surface area contributed by atoms with Crippen molar-refractivity contribution >= 4 is 11.6 Å². The minimum absolute atomic E-state index is 0.170. The zero-order valence-corrected chi connectivity index (χ0v) is 12.7. The summed E-state index contributed by atoms with van der Waals surface area (Å²) in [6.45, 7) is 0.792. The summed E-state index contributed by atoms with van der Waals surface area (Å²) in [5.74, 6) is 0.170. The standard InChI is InChI=1S/C14H20ClF2N3O/c1-19-4-5-20(12(7-18)9-19)8-10-6-11(15)2-3-13(10)21-14(16)17/h2-3,6,12,14H,4-5,7-9,18H2,1H3. The van der Waals surface area contributed by atoms with Gasteiger partial charge in [-0.1, -0.05) is 11.6 Å². The third-order valence-electron chi connectivity index (χ3n) is 3.69. The molecule has 1 heterocycles. The molecule has 1 aliphatic heterocycles. The molecule has 1 unspecified atom stereocenters. The molecule has 0 saturated carbocycles. The van der Waals surface area contributed by atoms with Crippen LogP contribution in [0.2, 0.25) is 5.02 Å². The molecule has 4 nitrogen and oxygen atoms in total. The van der Waals surface area contributed by atoms with Crippen LogP contribution >= 0.6 is 11.6 Å². The van der Waals surface area contributed by atoms with Gasteiger partial charge in [0, 0.05) is 49.4 Å². The first kappa shape index (κ1) is 16.4. The van der Waals surface area contributed by atoms with Crippen LogP contribution < -0.4 is 10.5 Å². The minimum atomic E-state index is -2.84. The Morgan fingerprint density at radius 3 is 2.86 bits per heavy atom. The summed E-state index contributed by atoms with van der Waals surface area (Å²) in [7, 11) is 2.05. The van der Waals surface area contributed by atoms with Gasteiger partial charge in [-0.3, -0.25) is 4.90 Å². The first-order chi connectivity index (χ1) is 9.99. The van der Waals surface area contributed by atoms with Crippen LogP contribution in [0.4, 0.5) is 8.78 Å². The van der Waals surface area contributed by atoms with E-state index in [9.17, 15) is 8.78 Å². The Morgan fingerprint density at radius 1 is 1.43 bits per heavy atom. The van der Waals surface area contributed by atoms with Gasteiger partial charge in [-0.15, -0.1) is 0 Å². The molecule has 1 aliphatic rings. The summed E-state index contributed by atoms with van der Waals surface area (Å²) in [6, 6.07) is 4.90. The lowest BCUT2D eigenvalue weighted by atomic mass is 10.1. The fraction of sp³-hybridized carbons (Fsp3) is 0.571. The maximum absolute atomic E-state index is 12.5. The number of hydrogen-bond acceptors (Lipinski definition) is 4. The van der Waals surface area contributed by atoms with Gasteiger partial charge in [-0.2, -0.15) is 8.78 Å². The zero-order chi connectivity index (χ0) is 15.4. The van der Waals surface area contributed by atoms with Crippen LogP contribution in [-0.2, 0) is 6.54 Å². The fourth-order valence-corrected chi connectivity index (χ4v) is 2.78. The number of piperazine rings is 1. The average molecular weight is 320 g/mol. The number of rotatable bonds is 5. The Morgan fingerprint density at radius 2 is 2.19 bits per heavy atom. The summed E-state index contributed by atoms with van der Waals surface area (Å²) < 4.78 is 29.5. The van der Waals surface area contributed by atoms with Crippen LogP contribution in [0.15, 0.2) is 18.2 Å². The Kier molecular flexibility index (Phi) is 5.75. The summed E-state index contributed by atoms with van der Waals surface area (Å²) in [4.78, 5) is 4.40. The van der Waals surface area contributed by atoms with Crippen molar-refractivity contribution in [2.75, 3.05) is 33.2 Å². The van der Waals surface area contributed by atoms with Crippen molar-refractivity contribution in [3.05, 3.63) is 28.8 Å². The van der Waals surface area contributed by atoms with E-state index in [0.29, 0.717) is 23.7 Å². The number of hydrogen-bond donors (Lipinski definition) is 1. The van der Waals surface area contributed by atoms with Crippen molar-refractivity contribution in [2.45, 2.75) is 19.2 Å². The first-order valence-electron chi connectivity index (χ1n) is 6.85. The van der Waals surface area contributed by atoms with E-state index in [-0.39, 0.29) is 11.8 Å². The Balaban J connectivity index is 2.15. The number of benzene rings is 1. The summed E-state index contributed by atoms with van der Waals surface area (Å²) in [5.41, 5.74) is 6.47. The number of alkyl halides is 2. The van der Waals surface area contributed by atoms with Gasteiger partial charge in [-0.25, -0.2) is 0 Å². The highest BCUT2D eigenvalue weighted by Crippen LogP contribution is 2.27. The van der Waals surface area contributed by atoms with Crippen LogP contribution in [0.25, 0.3) is 0 Å². The highest BCUT2D eigenvalue weighted by atomic mass is 35.5. The molecule has 1 aromatic carbocycles. The van der Waals surface area contributed by atoms with E-state index in [1.165, 1.54) is 6.07 Å². The summed E-state index contributed by atoms with van der Waals surface area (Å²) in [5, 5.41) is 0.505. The summed E-state index contributed by atoms with van der Waals surface area (Å²) >= 11 is 5.97. The number of halogens is 3. The molecule has 1 fully saturated rings. The molecule has 0 aromatic heterocycles. The fourth-order valence-electron chi connectivity index (χ4n) is 2.58. The molecule has 1 aromatic rings. The van der Waals surface area contributed by atoms with E-state index in [2.05, 4.69) is 14.5 Å².